The van der Waals surface area contributed by atoms with Gasteiger partial charge in [-0.2, -0.15) is 0 Å². The van der Waals surface area contributed by atoms with Crippen LogP contribution in [0.4, 0.5) is 0 Å². The fourth-order valence-corrected chi connectivity index (χ4v) is 3.19. The minimum atomic E-state index is -0.750. The highest BCUT2D eigenvalue weighted by Crippen LogP contribution is 2.48. The highest BCUT2D eigenvalue weighted by Gasteiger charge is 2.32. The Morgan fingerprint density at radius 1 is 0.800 bits per heavy atom. The van der Waals surface area contributed by atoms with E-state index >= 15 is 0 Å². The van der Waals surface area contributed by atoms with Gasteiger partial charge in [0.05, 0.1) is 0 Å². The molecule has 0 radical (unpaired) electrons. The number of alkyl halides is 3. The zero-order valence-electron chi connectivity index (χ0n) is 10.4. The van der Waals surface area contributed by atoms with E-state index in [0.717, 1.165) is 27.1 Å². The molecule has 3 rings (SSSR count). The van der Waals surface area contributed by atoms with Crippen molar-refractivity contribution in [3.05, 3.63) is 60.2 Å². The van der Waals surface area contributed by atoms with Crippen molar-refractivity contribution in [2.24, 2.45) is 0 Å². The van der Waals surface area contributed by atoms with Crippen molar-refractivity contribution in [1.82, 2.24) is 0 Å². The van der Waals surface area contributed by atoms with Crippen LogP contribution in [0.25, 0.3) is 21.5 Å². The van der Waals surface area contributed by atoms with E-state index in [2.05, 4.69) is 66.0 Å². The van der Waals surface area contributed by atoms with Crippen LogP contribution in [0.3, 0.4) is 0 Å². The number of benzene rings is 3. The second-order valence-electron chi connectivity index (χ2n) is 4.68. The van der Waals surface area contributed by atoms with Gasteiger partial charge in [-0.05, 0) is 33.2 Å². The van der Waals surface area contributed by atoms with Crippen LogP contribution in [0.5, 0.6) is 0 Å². The van der Waals surface area contributed by atoms with Crippen LogP contribution >= 0.6 is 47.8 Å². The number of aliphatic hydroxyl groups is 1. The molecule has 0 saturated heterocycles. The normalized spacial score (nSPS) is 13.8. The molecule has 4 heteroatoms. The summed E-state index contributed by atoms with van der Waals surface area (Å²) in [5, 5.41) is 15.1. The molecular formula is C16H11Br3O. The lowest BCUT2D eigenvalue weighted by Crippen LogP contribution is -2.15. The van der Waals surface area contributed by atoms with Crippen molar-refractivity contribution < 1.29 is 5.11 Å². The highest BCUT2D eigenvalue weighted by atomic mass is 80.0. The van der Waals surface area contributed by atoms with Crippen LogP contribution in [0.2, 0.25) is 0 Å². The Bertz CT molecular complexity index is 723. The summed E-state index contributed by atoms with van der Waals surface area (Å²) in [5.74, 6) is 0. The molecule has 3 aromatic rings. The number of halogens is 3. The molecule has 1 atom stereocenters. The molecule has 20 heavy (non-hydrogen) atoms. The molecule has 0 aromatic heterocycles. The van der Waals surface area contributed by atoms with Crippen LogP contribution in [-0.4, -0.2) is 7.25 Å². The summed E-state index contributed by atoms with van der Waals surface area (Å²) < 4.78 is -0.750. The first kappa shape index (κ1) is 14.5. The van der Waals surface area contributed by atoms with Gasteiger partial charge in [-0.3, -0.25) is 0 Å². The minimum absolute atomic E-state index is 0.738. The summed E-state index contributed by atoms with van der Waals surface area (Å²) in [4.78, 5) is 0. The predicted octanol–water partition coefficient (Wildman–Crippen LogP) is 5.86. The average molecular weight is 459 g/mol. The quantitative estimate of drug-likeness (QED) is 0.357. The van der Waals surface area contributed by atoms with Gasteiger partial charge < -0.3 is 5.11 Å². The van der Waals surface area contributed by atoms with E-state index in [1.165, 1.54) is 0 Å². The molecule has 0 aliphatic carbocycles. The summed E-state index contributed by atoms with van der Waals surface area (Å²) in [6.45, 7) is 0. The van der Waals surface area contributed by atoms with Gasteiger partial charge in [0.2, 0.25) is 0 Å². The van der Waals surface area contributed by atoms with Crippen LogP contribution in [0, 0.1) is 0 Å². The molecule has 1 unspecified atom stereocenters. The highest BCUT2D eigenvalue weighted by molar-refractivity contribution is 9.39. The van der Waals surface area contributed by atoms with E-state index in [1.54, 1.807) is 0 Å². The van der Waals surface area contributed by atoms with Crippen LogP contribution in [0.15, 0.2) is 54.6 Å². The van der Waals surface area contributed by atoms with Crippen molar-refractivity contribution in [2.45, 2.75) is 8.25 Å². The Hall–Kier alpha value is -0.420. The minimum Gasteiger partial charge on any atom is -0.385 e. The number of aliphatic hydroxyl groups excluding tert-OH is 1. The van der Waals surface area contributed by atoms with Crippen LogP contribution in [0.1, 0.15) is 11.7 Å². The Kier molecular flexibility index (Phi) is 3.93. The molecule has 1 N–H and O–H groups in total. The number of hydrogen-bond donors (Lipinski definition) is 1. The summed E-state index contributed by atoms with van der Waals surface area (Å²) in [6, 6.07) is 18.4. The summed E-state index contributed by atoms with van der Waals surface area (Å²) in [5.41, 5.74) is 0.907. The molecule has 0 bridgehead atoms. The molecule has 0 amide bonds. The third-order valence-corrected chi connectivity index (χ3v) is 4.70. The lowest BCUT2D eigenvalue weighted by molar-refractivity contribution is 0.196. The largest absolute Gasteiger partial charge is 0.385 e. The predicted molar refractivity (Wildman–Crippen MR) is 95.9 cm³/mol. The summed E-state index contributed by atoms with van der Waals surface area (Å²) >= 11 is 10.3. The van der Waals surface area contributed by atoms with E-state index in [1.807, 2.05) is 36.4 Å². The molecule has 3 aromatic carbocycles. The molecule has 1 nitrogen and oxygen atoms in total. The molecular weight excluding hydrogens is 448 g/mol. The summed E-state index contributed by atoms with van der Waals surface area (Å²) in [7, 11) is 0. The van der Waals surface area contributed by atoms with E-state index in [-0.39, 0.29) is 0 Å². The third kappa shape index (κ3) is 2.54. The molecule has 0 saturated carbocycles. The van der Waals surface area contributed by atoms with Gasteiger partial charge in [-0.1, -0.05) is 96.3 Å². The van der Waals surface area contributed by atoms with Gasteiger partial charge >= 0.3 is 0 Å². The van der Waals surface area contributed by atoms with E-state index < -0.39 is 8.25 Å². The lowest BCUT2D eigenvalue weighted by Gasteiger charge is -2.23. The third-order valence-electron chi connectivity index (χ3n) is 3.40. The molecule has 0 heterocycles. The maximum absolute atomic E-state index is 10.7. The standard InChI is InChI=1S/C16H11Br3O/c17-16(18,19)15(20)14-12-7-3-1-5-10(12)9-11-6-2-4-8-13(11)14/h1-9,15,20H. The maximum atomic E-state index is 10.7. The zero-order valence-corrected chi connectivity index (χ0v) is 15.1. The Labute approximate surface area is 142 Å². The molecule has 0 aliphatic heterocycles. The SMILES string of the molecule is OC(c1c2ccccc2cc2ccccc12)C(Br)(Br)Br. The van der Waals surface area contributed by atoms with E-state index in [4.69, 9.17) is 0 Å². The fourth-order valence-electron chi connectivity index (χ4n) is 2.51. The van der Waals surface area contributed by atoms with Gasteiger partial charge in [0, 0.05) is 0 Å². The number of hydrogen-bond acceptors (Lipinski definition) is 1. The first-order valence-electron chi connectivity index (χ1n) is 6.13. The van der Waals surface area contributed by atoms with Gasteiger partial charge in [0.15, 0.2) is 2.14 Å². The van der Waals surface area contributed by atoms with Crippen molar-refractivity contribution in [2.75, 3.05) is 0 Å². The van der Waals surface area contributed by atoms with Crippen LogP contribution in [-0.2, 0) is 0 Å². The fraction of sp³-hybridized carbons (Fsp3) is 0.125. The van der Waals surface area contributed by atoms with Crippen molar-refractivity contribution in [3.63, 3.8) is 0 Å². The van der Waals surface area contributed by atoms with E-state index in [9.17, 15) is 5.11 Å². The summed E-state index contributed by atoms with van der Waals surface area (Å²) in [6.07, 6.45) is -0.738. The smallest absolute Gasteiger partial charge is 0.164 e. The molecule has 0 aliphatic rings. The van der Waals surface area contributed by atoms with Crippen molar-refractivity contribution in [1.29, 1.82) is 0 Å². The topological polar surface area (TPSA) is 20.2 Å². The Morgan fingerprint density at radius 3 is 1.70 bits per heavy atom. The van der Waals surface area contributed by atoms with Crippen molar-refractivity contribution in [3.8, 4) is 0 Å². The second kappa shape index (κ2) is 5.41. The van der Waals surface area contributed by atoms with Crippen LogP contribution < -0.4 is 0 Å². The first-order valence-corrected chi connectivity index (χ1v) is 8.51. The Balaban J connectivity index is 2.45. The van der Waals surface area contributed by atoms with Gasteiger partial charge in [0.25, 0.3) is 0 Å². The lowest BCUT2D eigenvalue weighted by atomic mass is 9.94. The van der Waals surface area contributed by atoms with Gasteiger partial charge in [-0.25, -0.2) is 0 Å². The second-order valence-corrected chi connectivity index (χ2v) is 11.6. The van der Waals surface area contributed by atoms with Gasteiger partial charge in [0.1, 0.15) is 6.10 Å². The monoisotopic (exact) mass is 456 g/mol. The van der Waals surface area contributed by atoms with Crippen molar-refractivity contribution >= 4 is 69.3 Å². The number of fused-ring (bicyclic) bond motifs is 2. The number of rotatable bonds is 1. The molecule has 0 fully saturated rings. The molecule has 102 valence electrons. The van der Waals surface area contributed by atoms with E-state index in [0.29, 0.717) is 0 Å². The average Bonchev–Trinajstić information content (AvgIpc) is 2.43. The zero-order chi connectivity index (χ0) is 14.3. The maximum Gasteiger partial charge on any atom is 0.164 e. The van der Waals surface area contributed by atoms with Gasteiger partial charge in [-0.15, -0.1) is 0 Å². The Morgan fingerprint density at radius 2 is 1.25 bits per heavy atom. The molecule has 0 spiro atoms. The first-order chi connectivity index (χ1) is 9.48.